The summed E-state index contributed by atoms with van der Waals surface area (Å²) < 4.78 is 5.84. The summed E-state index contributed by atoms with van der Waals surface area (Å²) in [5.74, 6) is -0.0160. The van der Waals surface area contributed by atoms with Crippen LogP contribution in [-0.4, -0.2) is 34.4 Å². The summed E-state index contributed by atoms with van der Waals surface area (Å²) in [6.07, 6.45) is 0. The lowest BCUT2D eigenvalue weighted by Crippen LogP contribution is -2.30. The molecule has 0 atom stereocenters. The minimum atomic E-state index is -1.06. The predicted octanol–water partition coefficient (Wildman–Crippen LogP) is 2.37. The molecule has 7 heteroatoms. The van der Waals surface area contributed by atoms with Crippen molar-refractivity contribution in [2.45, 2.75) is 0 Å². The first kappa shape index (κ1) is 12.6. The number of rotatable bonds is 2. The Balaban J connectivity index is 2.16. The zero-order valence-corrected chi connectivity index (χ0v) is 11.2. The third-order valence-electron chi connectivity index (χ3n) is 3.00. The van der Waals surface area contributed by atoms with Gasteiger partial charge in [-0.1, -0.05) is 24.4 Å². The van der Waals surface area contributed by atoms with Gasteiger partial charge in [0, 0.05) is 0 Å². The summed E-state index contributed by atoms with van der Waals surface area (Å²) in [5.41, 5.74) is 0.865. The number of H-pyrrole nitrogens is 1. The Kier molecular flexibility index (Phi) is 3.11. The number of hydrogen-bond acceptors (Lipinski definition) is 5. The maximum Gasteiger partial charge on any atom is 0.339 e. The molecule has 0 bridgehead atoms. The van der Waals surface area contributed by atoms with E-state index in [1.54, 1.807) is 0 Å². The van der Waals surface area contributed by atoms with Gasteiger partial charge < -0.3 is 14.7 Å². The Morgan fingerprint density at radius 1 is 1.45 bits per heavy atom. The van der Waals surface area contributed by atoms with Crippen molar-refractivity contribution in [2.75, 3.05) is 18.1 Å². The van der Waals surface area contributed by atoms with Gasteiger partial charge in [-0.2, -0.15) is 5.10 Å². The van der Waals surface area contributed by atoms with Gasteiger partial charge >= 0.3 is 5.97 Å². The summed E-state index contributed by atoms with van der Waals surface area (Å²) in [6, 6.07) is 8.84. The molecule has 0 saturated carbocycles. The van der Waals surface area contributed by atoms with Gasteiger partial charge in [0.15, 0.2) is 5.82 Å². The van der Waals surface area contributed by atoms with E-state index >= 15 is 0 Å². The first-order valence-corrected chi connectivity index (χ1v) is 6.40. The van der Waals surface area contributed by atoms with Gasteiger partial charge in [0.05, 0.1) is 12.2 Å². The second-order valence-electron chi connectivity index (χ2n) is 4.24. The summed E-state index contributed by atoms with van der Waals surface area (Å²) in [5, 5.41) is 16.0. The fourth-order valence-corrected chi connectivity index (χ4v) is 2.31. The highest BCUT2D eigenvalue weighted by Gasteiger charge is 2.24. The fraction of sp³-hybridized carbons (Fsp3) is 0.154. The molecular weight excluding hydrogens is 278 g/mol. The van der Waals surface area contributed by atoms with Crippen LogP contribution in [0.4, 0.5) is 11.5 Å². The van der Waals surface area contributed by atoms with Crippen molar-refractivity contribution in [3.63, 3.8) is 0 Å². The van der Waals surface area contributed by atoms with Crippen LogP contribution in [0, 0.1) is 4.64 Å². The molecule has 102 valence electrons. The number of aromatic carboxylic acids is 1. The Morgan fingerprint density at radius 3 is 3.05 bits per heavy atom. The van der Waals surface area contributed by atoms with Crippen LogP contribution in [0.3, 0.4) is 0 Å². The zero-order chi connectivity index (χ0) is 14.1. The van der Waals surface area contributed by atoms with Gasteiger partial charge in [0.1, 0.15) is 22.6 Å². The SMILES string of the molecule is O=C(O)c1cc(=S)[nH]nc1N1CCOc2ccccc21. The quantitative estimate of drug-likeness (QED) is 0.826. The van der Waals surface area contributed by atoms with Crippen molar-refractivity contribution in [3.8, 4) is 5.75 Å². The van der Waals surface area contributed by atoms with Crippen LogP contribution < -0.4 is 9.64 Å². The normalized spacial score (nSPS) is 13.5. The van der Waals surface area contributed by atoms with Gasteiger partial charge in [-0.05, 0) is 18.2 Å². The summed E-state index contributed by atoms with van der Waals surface area (Å²) in [4.78, 5) is 13.2. The molecule has 0 radical (unpaired) electrons. The Morgan fingerprint density at radius 2 is 2.25 bits per heavy atom. The maximum absolute atomic E-state index is 11.4. The summed E-state index contributed by atoms with van der Waals surface area (Å²) in [7, 11) is 0. The highest BCUT2D eigenvalue weighted by Crippen LogP contribution is 2.36. The molecule has 0 unspecified atom stereocenters. The number of ether oxygens (including phenoxy) is 1. The van der Waals surface area contributed by atoms with Gasteiger partial charge in [-0.15, -0.1) is 0 Å². The largest absolute Gasteiger partial charge is 0.490 e. The van der Waals surface area contributed by atoms with Gasteiger partial charge in [0.2, 0.25) is 0 Å². The van der Waals surface area contributed by atoms with Crippen molar-refractivity contribution < 1.29 is 14.6 Å². The van der Waals surface area contributed by atoms with Crippen LogP contribution in [0.25, 0.3) is 0 Å². The number of carboxylic acids is 1. The second kappa shape index (κ2) is 4.93. The maximum atomic E-state index is 11.4. The lowest BCUT2D eigenvalue weighted by molar-refractivity contribution is 0.0697. The van der Waals surface area contributed by atoms with Crippen LogP contribution in [-0.2, 0) is 0 Å². The first-order chi connectivity index (χ1) is 9.66. The average molecular weight is 289 g/mol. The number of carboxylic acid groups (broad SMARTS) is 1. The van der Waals surface area contributed by atoms with Crippen LogP contribution >= 0.6 is 12.2 Å². The van der Waals surface area contributed by atoms with E-state index in [1.807, 2.05) is 29.2 Å². The topological polar surface area (TPSA) is 78.4 Å². The van der Waals surface area contributed by atoms with E-state index in [9.17, 15) is 9.90 Å². The molecule has 0 saturated heterocycles. The molecule has 2 aromatic rings. The number of nitrogens with zero attached hydrogens (tertiary/aromatic N) is 2. The Hall–Kier alpha value is -2.41. The van der Waals surface area contributed by atoms with Crippen LogP contribution in [0.15, 0.2) is 30.3 Å². The molecule has 0 amide bonds. The Labute approximate surface area is 119 Å². The summed E-state index contributed by atoms with van der Waals surface area (Å²) in [6.45, 7) is 0.988. The molecule has 1 aliphatic heterocycles. The number of nitrogens with one attached hydrogen (secondary N) is 1. The number of aromatic nitrogens is 2. The molecule has 0 aliphatic carbocycles. The highest BCUT2D eigenvalue weighted by atomic mass is 32.1. The Bertz CT molecular complexity index is 729. The van der Waals surface area contributed by atoms with Crippen LogP contribution in [0.1, 0.15) is 10.4 Å². The van der Waals surface area contributed by atoms with Crippen LogP contribution in [0.2, 0.25) is 0 Å². The first-order valence-electron chi connectivity index (χ1n) is 5.99. The number of para-hydroxylation sites is 2. The van der Waals surface area contributed by atoms with Gasteiger partial charge in [0.25, 0.3) is 0 Å². The van der Waals surface area contributed by atoms with E-state index < -0.39 is 5.97 Å². The molecule has 2 N–H and O–H groups in total. The molecule has 1 aliphatic rings. The average Bonchev–Trinajstić information content (AvgIpc) is 2.46. The molecular formula is C13H11N3O3S. The minimum Gasteiger partial charge on any atom is -0.490 e. The standard InChI is InChI=1S/C13H11N3O3S/c17-13(18)8-7-11(20)14-15-12(8)16-5-6-19-10-4-2-1-3-9(10)16/h1-4,7H,5-6H2,(H,14,20)(H,17,18). The number of aromatic amines is 1. The lowest BCUT2D eigenvalue weighted by Gasteiger charge is -2.30. The van der Waals surface area contributed by atoms with Crippen molar-refractivity contribution in [1.29, 1.82) is 0 Å². The molecule has 1 aromatic carbocycles. The second-order valence-corrected chi connectivity index (χ2v) is 4.68. The number of carbonyl (C=O) groups is 1. The monoisotopic (exact) mass is 289 g/mol. The highest BCUT2D eigenvalue weighted by molar-refractivity contribution is 7.71. The lowest BCUT2D eigenvalue weighted by atomic mass is 10.2. The number of hydrogen-bond donors (Lipinski definition) is 2. The molecule has 6 nitrogen and oxygen atoms in total. The molecule has 1 aromatic heterocycles. The molecule has 0 fully saturated rings. The van der Waals surface area contributed by atoms with E-state index in [2.05, 4.69) is 10.2 Å². The molecule has 20 heavy (non-hydrogen) atoms. The summed E-state index contributed by atoms with van der Waals surface area (Å²) >= 11 is 4.93. The van der Waals surface area contributed by atoms with E-state index in [1.165, 1.54) is 6.07 Å². The molecule has 3 rings (SSSR count). The van der Waals surface area contributed by atoms with E-state index in [0.29, 0.717) is 24.7 Å². The molecule has 0 spiro atoms. The van der Waals surface area contributed by atoms with Crippen molar-refractivity contribution in [1.82, 2.24) is 10.2 Å². The predicted molar refractivity (Wildman–Crippen MR) is 75.3 cm³/mol. The smallest absolute Gasteiger partial charge is 0.339 e. The third kappa shape index (κ3) is 2.12. The third-order valence-corrected chi connectivity index (χ3v) is 3.21. The van der Waals surface area contributed by atoms with Gasteiger partial charge in [-0.3, -0.25) is 5.10 Å². The minimum absolute atomic E-state index is 0.0745. The fourth-order valence-electron chi connectivity index (χ4n) is 2.15. The zero-order valence-electron chi connectivity index (χ0n) is 10.4. The van der Waals surface area contributed by atoms with Gasteiger partial charge in [-0.25, -0.2) is 4.79 Å². The molecule has 2 heterocycles. The van der Waals surface area contributed by atoms with E-state index in [-0.39, 0.29) is 10.2 Å². The number of anilines is 2. The number of fused-ring (bicyclic) bond motifs is 1. The van der Waals surface area contributed by atoms with E-state index in [4.69, 9.17) is 17.0 Å². The van der Waals surface area contributed by atoms with Crippen LogP contribution in [0.5, 0.6) is 5.75 Å². The van der Waals surface area contributed by atoms with Crippen molar-refractivity contribution in [3.05, 3.63) is 40.5 Å². The van der Waals surface area contributed by atoms with Crippen molar-refractivity contribution >= 4 is 29.7 Å². The number of benzene rings is 1. The van der Waals surface area contributed by atoms with E-state index in [0.717, 1.165) is 5.69 Å². The van der Waals surface area contributed by atoms with Crippen molar-refractivity contribution in [2.24, 2.45) is 0 Å².